The van der Waals surface area contributed by atoms with E-state index in [0.717, 1.165) is 25.7 Å². The van der Waals surface area contributed by atoms with Gasteiger partial charge < -0.3 is 10.2 Å². The molecular weight excluding hydrogens is 396 g/mol. The highest BCUT2D eigenvalue weighted by Gasteiger charge is 2.39. The molecule has 0 radical (unpaired) electrons. The van der Waals surface area contributed by atoms with Crippen molar-refractivity contribution in [3.05, 3.63) is 0 Å². The number of rotatable bonds is 11. The third-order valence-corrected chi connectivity index (χ3v) is 5.10. The smallest absolute Gasteiger partial charge is 0.257 e. The van der Waals surface area contributed by atoms with E-state index in [-0.39, 0.29) is 36.4 Å². The van der Waals surface area contributed by atoms with E-state index in [4.69, 9.17) is 5.21 Å². The molecule has 1 aliphatic heterocycles. The standard InChI is InChI=1S/C20H38N4O4.C3H8/c1-6-7-8-16(21-11-17(25)23-28)19(27)22-12-18(26)24-13-20(4,5)10-15(24)9-14(2)3;1-3-2/h14-16,21,28H,6-13H2,1-5H3,(H,22,27)(H,23,25);3H2,1-2H3. The molecule has 0 bridgehead atoms. The monoisotopic (exact) mass is 442 g/mol. The summed E-state index contributed by atoms with van der Waals surface area (Å²) in [6.45, 7) is 15.4. The van der Waals surface area contributed by atoms with Gasteiger partial charge in [-0.15, -0.1) is 0 Å². The fourth-order valence-electron chi connectivity index (χ4n) is 3.83. The normalized spacial score (nSPS) is 18.2. The van der Waals surface area contributed by atoms with Crippen molar-refractivity contribution in [1.29, 1.82) is 0 Å². The number of nitrogens with one attached hydrogen (secondary N) is 3. The van der Waals surface area contributed by atoms with E-state index >= 15 is 0 Å². The molecule has 2 unspecified atom stereocenters. The Bertz CT molecular complexity index is 552. The van der Waals surface area contributed by atoms with E-state index in [9.17, 15) is 14.4 Å². The molecule has 1 aliphatic rings. The number of hydroxylamine groups is 1. The molecule has 1 saturated heterocycles. The Balaban J connectivity index is 0.00000282. The Morgan fingerprint density at radius 2 is 1.74 bits per heavy atom. The molecular formula is C23H46N4O4. The van der Waals surface area contributed by atoms with Crippen molar-refractivity contribution >= 4 is 17.7 Å². The van der Waals surface area contributed by atoms with Crippen LogP contribution in [0, 0.1) is 11.3 Å². The van der Waals surface area contributed by atoms with E-state index in [0.29, 0.717) is 18.9 Å². The zero-order valence-electron chi connectivity index (χ0n) is 20.7. The third kappa shape index (κ3) is 12.1. The number of unbranched alkanes of at least 4 members (excludes halogenated alkanes) is 1. The molecule has 3 amide bonds. The second-order valence-electron chi connectivity index (χ2n) is 9.71. The summed E-state index contributed by atoms with van der Waals surface area (Å²) in [6.07, 6.45) is 5.47. The Hall–Kier alpha value is -1.67. The molecule has 182 valence electrons. The van der Waals surface area contributed by atoms with Gasteiger partial charge in [-0.25, -0.2) is 5.48 Å². The first-order valence-electron chi connectivity index (χ1n) is 11.7. The average molecular weight is 443 g/mol. The quantitative estimate of drug-likeness (QED) is 0.290. The highest BCUT2D eigenvalue weighted by molar-refractivity contribution is 5.88. The van der Waals surface area contributed by atoms with Crippen molar-refractivity contribution in [2.75, 3.05) is 19.6 Å². The predicted molar refractivity (Wildman–Crippen MR) is 124 cm³/mol. The number of carbonyl (C=O) groups excluding carboxylic acids is 3. The molecule has 1 heterocycles. The van der Waals surface area contributed by atoms with Crippen LogP contribution in [0.25, 0.3) is 0 Å². The molecule has 8 heteroatoms. The Morgan fingerprint density at radius 3 is 2.26 bits per heavy atom. The van der Waals surface area contributed by atoms with Crippen molar-refractivity contribution in [2.45, 2.75) is 99.1 Å². The third-order valence-electron chi connectivity index (χ3n) is 5.10. The Kier molecular flexibility index (Phi) is 14.4. The lowest BCUT2D eigenvalue weighted by molar-refractivity contribution is -0.134. The minimum Gasteiger partial charge on any atom is -0.346 e. The van der Waals surface area contributed by atoms with Gasteiger partial charge in [-0.05, 0) is 30.6 Å². The molecule has 1 rings (SSSR count). The van der Waals surface area contributed by atoms with Crippen molar-refractivity contribution in [3.63, 3.8) is 0 Å². The minimum atomic E-state index is -0.610. The highest BCUT2D eigenvalue weighted by Crippen LogP contribution is 2.36. The second-order valence-corrected chi connectivity index (χ2v) is 9.71. The van der Waals surface area contributed by atoms with E-state index in [2.05, 4.69) is 52.2 Å². The van der Waals surface area contributed by atoms with Crippen LogP contribution in [0.3, 0.4) is 0 Å². The number of amides is 3. The average Bonchev–Trinajstić information content (AvgIpc) is 2.99. The van der Waals surface area contributed by atoms with Crippen molar-refractivity contribution in [3.8, 4) is 0 Å². The predicted octanol–water partition coefficient (Wildman–Crippen LogP) is 2.85. The van der Waals surface area contributed by atoms with Gasteiger partial charge in [-0.3, -0.25) is 24.9 Å². The van der Waals surface area contributed by atoms with Crippen LogP contribution < -0.4 is 16.1 Å². The van der Waals surface area contributed by atoms with Crippen LogP contribution in [0.4, 0.5) is 0 Å². The maximum Gasteiger partial charge on any atom is 0.257 e. The Morgan fingerprint density at radius 1 is 1.13 bits per heavy atom. The lowest BCUT2D eigenvalue weighted by atomic mass is 9.88. The molecule has 0 aliphatic carbocycles. The molecule has 31 heavy (non-hydrogen) atoms. The van der Waals surface area contributed by atoms with Gasteiger partial charge in [0.05, 0.1) is 19.1 Å². The van der Waals surface area contributed by atoms with E-state index < -0.39 is 11.9 Å². The largest absolute Gasteiger partial charge is 0.346 e. The number of nitrogens with zero attached hydrogens (tertiary/aromatic N) is 1. The zero-order chi connectivity index (χ0) is 24.0. The van der Waals surface area contributed by atoms with Gasteiger partial charge in [-0.1, -0.05) is 67.7 Å². The van der Waals surface area contributed by atoms with Gasteiger partial charge in [0.1, 0.15) is 0 Å². The highest BCUT2D eigenvalue weighted by atomic mass is 16.5. The Labute approximate surface area is 188 Å². The lowest BCUT2D eigenvalue weighted by Gasteiger charge is -2.27. The summed E-state index contributed by atoms with van der Waals surface area (Å²) in [7, 11) is 0. The van der Waals surface area contributed by atoms with Gasteiger partial charge in [-0.2, -0.15) is 0 Å². The molecule has 0 aromatic carbocycles. The van der Waals surface area contributed by atoms with Gasteiger partial charge >= 0.3 is 0 Å². The molecule has 0 saturated carbocycles. The van der Waals surface area contributed by atoms with E-state index in [1.165, 1.54) is 11.9 Å². The van der Waals surface area contributed by atoms with Crippen LogP contribution in [0.15, 0.2) is 0 Å². The van der Waals surface area contributed by atoms with Crippen LogP contribution in [0.5, 0.6) is 0 Å². The van der Waals surface area contributed by atoms with Crippen LogP contribution >= 0.6 is 0 Å². The van der Waals surface area contributed by atoms with Crippen LogP contribution in [-0.4, -0.2) is 59.5 Å². The summed E-state index contributed by atoms with van der Waals surface area (Å²) in [4.78, 5) is 38.4. The fourth-order valence-corrected chi connectivity index (χ4v) is 3.83. The molecule has 0 aromatic rings. The summed E-state index contributed by atoms with van der Waals surface area (Å²) >= 11 is 0. The van der Waals surface area contributed by atoms with Gasteiger partial charge in [0.25, 0.3) is 5.91 Å². The fraction of sp³-hybridized carbons (Fsp3) is 0.870. The first-order chi connectivity index (χ1) is 14.5. The molecule has 4 N–H and O–H groups in total. The van der Waals surface area contributed by atoms with Crippen LogP contribution in [-0.2, 0) is 14.4 Å². The minimum absolute atomic E-state index is 0.0417. The van der Waals surface area contributed by atoms with Gasteiger partial charge in [0, 0.05) is 12.6 Å². The van der Waals surface area contributed by atoms with E-state index in [1.807, 2.05) is 11.8 Å². The maximum absolute atomic E-state index is 12.8. The van der Waals surface area contributed by atoms with Crippen LogP contribution in [0.2, 0.25) is 0 Å². The molecule has 1 fully saturated rings. The number of likely N-dealkylation sites (tertiary alicyclic amines) is 1. The molecule has 0 spiro atoms. The SMILES string of the molecule is CCC.CCCCC(NCC(=O)NO)C(=O)NCC(=O)N1CC(C)(C)CC1CC(C)C. The number of hydrogen-bond donors (Lipinski definition) is 4. The van der Waals surface area contributed by atoms with Crippen molar-refractivity contribution < 1.29 is 19.6 Å². The topological polar surface area (TPSA) is 111 Å². The lowest BCUT2D eigenvalue weighted by Crippen LogP contribution is -2.50. The van der Waals surface area contributed by atoms with Crippen molar-refractivity contribution in [2.24, 2.45) is 11.3 Å². The summed E-state index contributed by atoms with van der Waals surface area (Å²) in [5.74, 6) is -0.469. The first kappa shape index (κ1) is 29.3. The summed E-state index contributed by atoms with van der Waals surface area (Å²) in [5, 5.41) is 14.2. The second kappa shape index (κ2) is 15.2. The maximum atomic E-state index is 12.8. The first-order valence-corrected chi connectivity index (χ1v) is 11.7. The molecule has 0 aromatic heterocycles. The zero-order valence-corrected chi connectivity index (χ0v) is 20.7. The molecule has 8 nitrogen and oxygen atoms in total. The van der Waals surface area contributed by atoms with Gasteiger partial charge in [0.2, 0.25) is 11.8 Å². The van der Waals surface area contributed by atoms with Crippen molar-refractivity contribution in [1.82, 2.24) is 21.0 Å². The van der Waals surface area contributed by atoms with Crippen LogP contribution in [0.1, 0.15) is 87.0 Å². The number of carbonyl (C=O) groups is 3. The van der Waals surface area contributed by atoms with Gasteiger partial charge in [0.15, 0.2) is 0 Å². The summed E-state index contributed by atoms with van der Waals surface area (Å²) in [6, 6.07) is -0.367. The summed E-state index contributed by atoms with van der Waals surface area (Å²) < 4.78 is 0. The number of hydrogen-bond acceptors (Lipinski definition) is 5. The van der Waals surface area contributed by atoms with E-state index in [1.54, 1.807) is 0 Å². The summed E-state index contributed by atoms with van der Waals surface area (Å²) in [5.41, 5.74) is 1.62. The molecule has 2 atom stereocenters.